The summed E-state index contributed by atoms with van der Waals surface area (Å²) in [6.07, 6.45) is 0. The molecule has 1 aliphatic heterocycles. The van der Waals surface area contributed by atoms with Gasteiger partial charge in [0, 0.05) is 12.2 Å². The Hall–Kier alpha value is -2.88. The Bertz CT molecular complexity index is 921. The molecule has 3 rings (SSSR count). The number of nitrogens with one attached hydrogen (secondary N) is 1. The Morgan fingerprint density at radius 2 is 1.50 bits per heavy atom. The summed E-state index contributed by atoms with van der Waals surface area (Å²) in [5, 5.41) is 3.22. The van der Waals surface area contributed by atoms with Crippen LogP contribution in [0.1, 0.15) is 34.7 Å². The summed E-state index contributed by atoms with van der Waals surface area (Å²) >= 11 is 0. The number of hydrogen-bond acceptors (Lipinski definition) is 3. The molecule has 134 valence electrons. The molecule has 1 aliphatic rings. The molecule has 0 fully saturated rings. The summed E-state index contributed by atoms with van der Waals surface area (Å²) in [6.45, 7) is 10.2. The van der Waals surface area contributed by atoms with E-state index in [1.807, 2.05) is 65.0 Å². The maximum Gasteiger partial charge on any atom is 0.278 e. The Morgan fingerprint density at radius 1 is 0.846 bits per heavy atom. The van der Waals surface area contributed by atoms with Gasteiger partial charge in [0.15, 0.2) is 0 Å². The van der Waals surface area contributed by atoms with Crippen LogP contribution in [0, 0.1) is 27.7 Å². The monoisotopic (exact) mass is 348 g/mol. The minimum absolute atomic E-state index is 0.243. The summed E-state index contributed by atoms with van der Waals surface area (Å²) in [5.74, 6) is -0.516. The number of nitrogens with zero attached hydrogens (tertiary/aromatic N) is 1. The molecular weight excluding hydrogens is 324 g/mol. The molecule has 2 amide bonds. The molecule has 0 saturated carbocycles. The molecule has 4 heteroatoms. The molecule has 4 nitrogen and oxygen atoms in total. The van der Waals surface area contributed by atoms with Crippen LogP contribution in [-0.2, 0) is 9.59 Å². The topological polar surface area (TPSA) is 49.4 Å². The number of carbonyl (C=O) groups excluding carboxylic acids is 2. The van der Waals surface area contributed by atoms with Gasteiger partial charge in [-0.05, 0) is 74.6 Å². The summed E-state index contributed by atoms with van der Waals surface area (Å²) in [6, 6.07) is 11.9. The van der Waals surface area contributed by atoms with E-state index in [0.717, 1.165) is 33.5 Å². The van der Waals surface area contributed by atoms with Crippen molar-refractivity contribution in [1.29, 1.82) is 0 Å². The number of aryl methyl sites for hydroxylation is 4. The lowest BCUT2D eigenvalue weighted by atomic mass is 9.99. The molecule has 0 bridgehead atoms. The number of anilines is 1. The van der Waals surface area contributed by atoms with Gasteiger partial charge in [-0.25, -0.2) is 0 Å². The summed E-state index contributed by atoms with van der Waals surface area (Å²) in [7, 11) is 0. The van der Waals surface area contributed by atoms with Crippen molar-refractivity contribution in [1.82, 2.24) is 4.90 Å². The van der Waals surface area contributed by atoms with Gasteiger partial charge in [-0.3, -0.25) is 14.5 Å². The average molecular weight is 348 g/mol. The predicted molar refractivity (Wildman–Crippen MR) is 105 cm³/mol. The smallest absolute Gasteiger partial charge is 0.278 e. The maximum atomic E-state index is 12.9. The highest BCUT2D eigenvalue weighted by Gasteiger charge is 2.38. The average Bonchev–Trinajstić information content (AvgIpc) is 2.79. The van der Waals surface area contributed by atoms with Crippen LogP contribution >= 0.6 is 0 Å². The molecule has 26 heavy (non-hydrogen) atoms. The lowest BCUT2D eigenvalue weighted by Crippen LogP contribution is -2.32. The first kappa shape index (κ1) is 17.9. The molecule has 2 aromatic rings. The van der Waals surface area contributed by atoms with Crippen LogP contribution in [0.4, 0.5) is 5.69 Å². The van der Waals surface area contributed by atoms with Gasteiger partial charge in [0.1, 0.15) is 5.70 Å². The van der Waals surface area contributed by atoms with Gasteiger partial charge in [0.2, 0.25) is 0 Å². The first-order chi connectivity index (χ1) is 12.3. The van der Waals surface area contributed by atoms with Gasteiger partial charge >= 0.3 is 0 Å². The number of amides is 2. The van der Waals surface area contributed by atoms with E-state index in [2.05, 4.69) is 11.4 Å². The fourth-order valence-electron chi connectivity index (χ4n) is 3.34. The van der Waals surface area contributed by atoms with Crippen LogP contribution in [0.25, 0.3) is 5.57 Å². The second kappa shape index (κ2) is 6.79. The van der Waals surface area contributed by atoms with Crippen molar-refractivity contribution >= 4 is 23.1 Å². The molecule has 0 unspecified atom stereocenters. The first-order valence-electron chi connectivity index (χ1n) is 8.85. The third-order valence-electron chi connectivity index (χ3n) is 4.77. The summed E-state index contributed by atoms with van der Waals surface area (Å²) in [5.41, 5.74) is 6.84. The molecule has 1 N–H and O–H groups in total. The van der Waals surface area contributed by atoms with E-state index in [0.29, 0.717) is 17.8 Å². The fraction of sp³-hybridized carbons (Fsp3) is 0.273. The second-order valence-corrected chi connectivity index (χ2v) is 6.90. The van der Waals surface area contributed by atoms with E-state index in [1.165, 1.54) is 4.90 Å². The van der Waals surface area contributed by atoms with Crippen molar-refractivity contribution < 1.29 is 9.59 Å². The highest BCUT2D eigenvalue weighted by molar-refractivity contribution is 6.36. The Balaban J connectivity index is 2.13. The Morgan fingerprint density at radius 3 is 2.08 bits per heavy atom. The van der Waals surface area contributed by atoms with E-state index in [-0.39, 0.29) is 11.8 Å². The Kier molecular flexibility index (Phi) is 4.68. The number of hydrogen-bond donors (Lipinski definition) is 1. The molecule has 0 aromatic heterocycles. The third kappa shape index (κ3) is 3.15. The van der Waals surface area contributed by atoms with Crippen LogP contribution in [0.5, 0.6) is 0 Å². The molecule has 1 heterocycles. The number of benzene rings is 2. The number of imide groups is 1. The van der Waals surface area contributed by atoms with Crippen LogP contribution in [0.2, 0.25) is 0 Å². The minimum atomic E-state index is -0.273. The predicted octanol–water partition coefficient (Wildman–Crippen LogP) is 4.13. The summed E-state index contributed by atoms with van der Waals surface area (Å²) in [4.78, 5) is 27.0. The fourth-order valence-corrected chi connectivity index (χ4v) is 3.34. The van der Waals surface area contributed by atoms with Gasteiger partial charge in [0.25, 0.3) is 11.8 Å². The van der Waals surface area contributed by atoms with Crippen molar-refractivity contribution in [3.8, 4) is 0 Å². The molecule has 0 aliphatic carbocycles. The molecule has 0 saturated heterocycles. The van der Waals surface area contributed by atoms with Crippen molar-refractivity contribution in [2.24, 2.45) is 0 Å². The number of likely N-dealkylation sites (N-methyl/N-ethyl adjacent to an activating group) is 1. The summed E-state index contributed by atoms with van der Waals surface area (Å²) < 4.78 is 0. The molecular formula is C22H24N2O2. The number of rotatable bonds is 4. The largest absolute Gasteiger partial charge is 0.350 e. The van der Waals surface area contributed by atoms with Gasteiger partial charge in [-0.15, -0.1) is 0 Å². The van der Waals surface area contributed by atoms with Crippen molar-refractivity contribution in [3.63, 3.8) is 0 Å². The molecule has 0 spiro atoms. The second-order valence-electron chi connectivity index (χ2n) is 6.90. The minimum Gasteiger partial charge on any atom is -0.350 e. The van der Waals surface area contributed by atoms with Crippen molar-refractivity contribution in [3.05, 3.63) is 69.9 Å². The van der Waals surface area contributed by atoms with Gasteiger partial charge in [-0.1, -0.05) is 24.3 Å². The van der Waals surface area contributed by atoms with Crippen LogP contribution < -0.4 is 5.32 Å². The molecule has 0 atom stereocenters. The highest BCUT2D eigenvalue weighted by atomic mass is 16.2. The quantitative estimate of drug-likeness (QED) is 0.845. The zero-order valence-corrected chi connectivity index (χ0v) is 15.9. The van der Waals surface area contributed by atoms with Crippen LogP contribution in [0.15, 0.2) is 42.1 Å². The van der Waals surface area contributed by atoms with E-state index in [9.17, 15) is 9.59 Å². The Labute approximate surface area is 154 Å². The van der Waals surface area contributed by atoms with E-state index in [1.54, 1.807) is 0 Å². The van der Waals surface area contributed by atoms with Crippen LogP contribution in [-0.4, -0.2) is 23.3 Å². The molecule has 2 aromatic carbocycles. The van der Waals surface area contributed by atoms with E-state index in [4.69, 9.17) is 0 Å². The van der Waals surface area contributed by atoms with Crippen molar-refractivity contribution in [2.45, 2.75) is 34.6 Å². The van der Waals surface area contributed by atoms with Gasteiger partial charge in [-0.2, -0.15) is 0 Å². The maximum absolute atomic E-state index is 12.9. The van der Waals surface area contributed by atoms with E-state index < -0.39 is 0 Å². The van der Waals surface area contributed by atoms with Crippen LogP contribution in [0.3, 0.4) is 0 Å². The standard InChI is InChI=1S/C22H24N2O2/c1-6-24-21(25)19(17-8-7-15(4)16(5)12-17)20(22(24)26)23-18-10-13(2)9-14(3)11-18/h7-12,23H,6H2,1-5H3. The third-order valence-corrected chi connectivity index (χ3v) is 4.77. The molecule has 0 radical (unpaired) electrons. The lowest BCUT2D eigenvalue weighted by molar-refractivity contribution is -0.136. The van der Waals surface area contributed by atoms with Crippen molar-refractivity contribution in [2.75, 3.05) is 11.9 Å². The SMILES string of the molecule is CCN1C(=O)C(Nc2cc(C)cc(C)c2)=C(c2ccc(C)c(C)c2)C1=O. The normalized spacial score (nSPS) is 14.4. The highest BCUT2D eigenvalue weighted by Crippen LogP contribution is 2.31. The lowest BCUT2D eigenvalue weighted by Gasteiger charge is -2.12. The number of carbonyl (C=O) groups is 2. The first-order valence-corrected chi connectivity index (χ1v) is 8.85. The van der Waals surface area contributed by atoms with E-state index >= 15 is 0 Å². The zero-order chi connectivity index (χ0) is 19.0. The van der Waals surface area contributed by atoms with Gasteiger partial charge < -0.3 is 5.32 Å². The zero-order valence-electron chi connectivity index (χ0n) is 15.9. The van der Waals surface area contributed by atoms with Gasteiger partial charge in [0.05, 0.1) is 5.57 Å².